The number of ether oxygens (including phenoxy) is 1. The molecular weight excluding hydrogens is 279 g/mol. The molecule has 0 aliphatic heterocycles. The highest BCUT2D eigenvalue weighted by Gasteiger charge is 2.02. The lowest BCUT2D eigenvalue weighted by Crippen LogP contribution is -2.26. The minimum absolute atomic E-state index is 0.232. The molecule has 0 aliphatic rings. The number of nitrogens with zero attached hydrogens (tertiary/aromatic N) is 1. The number of hydrogen-bond donors (Lipinski definition) is 1. The van der Waals surface area contributed by atoms with Gasteiger partial charge in [0.15, 0.2) is 0 Å². The predicted octanol–water partition coefficient (Wildman–Crippen LogP) is 3.06. The highest BCUT2D eigenvalue weighted by Crippen LogP contribution is 2.16. The SMILES string of the molecule is CN(C)CCNCc1cccc(OCc2ccccc2F)c1. The van der Waals surface area contributed by atoms with Gasteiger partial charge < -0.3 is 15.0 Å². The first-order chi connectivity index (χ1) is 10.6. The topological polar surface area (TPSA) is 24.5 Å². The van der Waals surface area contributed by atoms with Crippen molar-refractivity contribution in [2.45, 2.75) is 13.2 Å². The first-order valence-corrected chi connectivity index (χ1v) is 7.46. The third-order valence-electron chi connectivity index (χ3n) is 3.32. The molecule has 2 rings (SSSR count). The minimum atomic E-state index is -0.232. The van der Waals surface area contributed by atoms with Gasteiger partial charge in [0.25, 0.3) is 0 Å². The van der Waals surface area contributed by atoms with E-state index >= 15 is 0 Å². The summed E-state index contributed by atoms with van der Waals surface area (Å²) in [5.41, 5.74) is 1.72. The van der Waals surface area contributed by atoms with Crippen LogP contribution in [0.4, 0.5) is 4.39 Å². The van der Waals surface area contributed by atoms with Gasteiger partial charge in [0, 0.05) is 25.2 Å². The van der Waals surface area contributed by atoms with Gasteiger partial charge in [-0.2, -0.15) is 0 Å². The maximum Gasteiger partial charge on any atom is 0.129 e. The highest BCUT2D eigenvalue weighted by molar-refractivity contribution is 5.29. The Morgan fingerprint density at radius 3 is 2.68 bits per heavy atom. The lowest BCUT2D eigenvalue weighted by atomic mass is 10.2. The van der Waals surface area contributed by atoms with Gasteiger partial charge in [0.2, 0.25) is 0 Å². The quantitative estimate of drug-likeness (QED) is 0.759. The van der Waals surface area contributed by atoms with Crippen LogP contribution in [-0.2, 0) is 13.2 Å². The van der Waals surface area contributed by atoms with Crippen LogP contribution in [0.25, 0.3) is 0 Å². The summed E-state index contributed by atoms with van der Waals surface area (Å²) in [6.45, 7) is 2.98. The van der Waals surface area contributed by atoms with E-state index in [1.165, 1.54) is 6.07 Å². The lowest BCUT2D eigenvalue weighted by molar-refractivity contribution is 0.299. The first kappa shape index (κ1) is 16.5. The second-order valence-corrected chi connectivity index (χ2v) is 5.51. The molecule has 3 nitrogen and oxygen atoms in total. The molecule has 4 heteroatoms. The summed E-state index contributed by atoms with van der Waals surface area (Å²) in [7, 11) is 4.11. The zero-order valence-corrected chi connectivity index (χ0v) is 13.2. The maximum atomic E-state index is 13.5. The van der Waals surface area contributed by atoms with Crippen molar-refractivity contribution in [3.8, 4) is 5.75 Å². The fraction of sp³-hybridized carbons (Fsp3) is 0.333. The van der Waals surface area contributed by atoms with Crippen LogP contribution in [0.15, 0.2) is 48.5 Å². The smallest absolute Gasteiger partial charge is 0.129 e. The van der Waals surface area contributed by atoms with Crippen molar-refractivity contribution in [2.75, 3.05) is 27.2 Å². The van der Waals surface area contributed by atoms with Gasteiger partial charge in [-0.1, -0.05) is 30.3 Å². The van der Waals surface area contributed by atoms with Crippen LogP contribution in [0.5, 0.6) is 5.75 Å². The lowest BCUT2D eigenvalue weighted by Gasteiger charge is -2.11. The van der Waals surface area contributed by atoms with Crippen molar-refractivity contribution in [1.82, 2.24) is 10.2 Å². The Hall–Kier alpha value is -1.91. The molecule has 0 unspecified atom stereocenters. The maximum absolute atomic E-state index is 13.5. The standard InChI is InChI=1S/C18H23FN2O/c1-21(2)11-10-20-13-15-6-5-8-17(12-15)22-14-16-7-3-4-9-18(16)19/h3-9,12,20H,10-11,13-14H2,1-2H3. The Bertz CT molecular complexity index is 587. The van der Waals surface area contributed by atoms with Crippen LogP contribution in [0.2, 0.25) is 0 Å². The zero-order chi connectivity index (χ0) is 15.8. The van der Waals surface area contributed by atoms with Gasteiger partial charge in [-0.05, 0) is 37.9 Å². The summed E-state index contributed by atoms with van der Waals surface area (Å²) in [5, 5.41) is 3.39. The van der Waals surface area contributed by atoms with Crippen LogP contribution in [0.1, 0.15) is 11.1 Å². The molecule has 0 spiro atoms. The summed E-state index contributed by atoms with van der Waals surface area (Å²) in [6, 6.07) is 14.6. The van der Waals surface area contributed by atoms with Crippen molar-refractivity contribution in [3.05, 3.63) is 65.5 Å². The molecule has 1 N–H and O–H groups in total. The van der Waals surface area contributed by atoms with Crippen LogP contribution in [-0.4, -0.2) is 32.1 Å². The molecule has 0 fully saturated rings. The number of rotatable bonds is 8. The van der Waals surface area contributed by atoms with Crippen LogP contribution in [0.3, 0.4) is 0 Å². The molecule has 0 radical (unpaired) electrons. The Kier molecular flexibility index (Phi) is 6.37. The van der Waals surface area contributed by atoms with Crippen molar-refractivity contribution in [3.63, 3.8) is 0 Å². The van der Waals surface area contributed by atoms with E-state index in [-0.39, 0.29) is 12.4 Å². The van der Waals surface area contributed by atoms with Crippen molar-refractivity contribution in [1.29, 1.82) is 0 Å². The normalized spacial score (nSPS) is 10.9. The molecule has 118 valence electrons. The fourth-order valence-corrected chi connectivity index (χ4v) is 2.06. The van der Waals surface area contributed by atoms with Crippen molar-refractivity contribution < 1.29 is 9.13 Å². The number of nitrogens with one attached hydrogen (secondary N) is 1. The van der Waals surface area contributed by atoms with E-state index in [1.54, 1.807) is 12.1 Å². The van der Waals surface area contributed by atoms with Crippen LogP contribution >= 0.6 is 0 Å². The highest BCUT2D eigenvalue weighted by atomic mass is 19.1. The van der Waals surface area contributed by atoms with Gasteiger partial charge in [-0.3, -0.25) is 0 Å². The molecule has 0 heterocycles. The van der Waals surface area contributed by atoms with E-state index in [4.69, 9.17) is 4.74 Å². The summed E-state index contributed by atoms with van der Waals surface area (Å²) in [4.78, 5) is 2.14. The Labute approximate surface area is 131 Å². The largest absolute Gasteiger partial charge is 0.489 e. The molecule has 0 aliphatic carbocycles. The Morgan fingerprint density at radius 1 is 1.09 bits per heavy atom. The van der Waals surface area contributed by atoms with Crippen molar-refractivity contribution in [2.24, 2.45) is 0 Å². The van der Waals surface area contributed by atoms with Gasteiger partial charge in [-0.15, -0.1) is 0 Å². The average Bonchev–Trinajstić information content (AvgIpc) is 2.51. The molecule has 0 saturated heterocycles. The van der Waals surface area contributed by atoms with E-state index in [9.17, 15) is 4.39 Å². The molecule has 0 aromatic heterocycles. The van der Waals surface area contributed by atoms with Gasteiger partial charge >= 0.3 is 0 Å². The third kappa shape index (κ3) is 5.47. The summed E-state index contributed by atoms with van der Waals surface area (Å²) < 4.78 is 19.2. The van der Waals surface area contributed by atoms with Crippen LogP contribution in [0, 0.1) is 5.82 Å². The van der Waals surface area contributed by atoms with Crippen molar-refractivity contribution >= 4 is 0 Å². The number of benzene rings is 2. The first-order valence-electron chi connectivity index (χ1n) is 7.46. The van der Waals surface area contributed by atoms with E-state index in [0.717, 1.165) is 30.9 Å². The monoisotopic (exact) mass is 302 g/mol. The fourth-order valence-electron chi connectivity index (χ4n) is 2.06. The number of hydrogen-bond acceptors (Lipinski definition) is 3. The van der Waals surface area contributed by atoms with Gasteiger partial charge in [0.1, 0.15) is 18.2 Å². The third-order valence-corrected chi connectivity index (χ3v) is 3.32. The Morgan fingerprint density at radius 2 is 1.91 bits per heavy atom. The van der Waals surface area contributed by atoms with E-state index in [2.05, 4.69) is 30.4 Å². The van der Waals surface area contributed by atoms with E-state index in [1.807, 2.05) is 24.3 Å². The average molecular weight is 302 g/mol. The number of likely N-dealkylation sites (N-methyl/N-ethyl adjacent to an activating group) is 1. The van der Waals surface area contributed by atoms with Gasteiger partial charge in [-0.25, -0.2) is 4.39 Å². The van der Waals surface area contributed by atoms with Crippen LogP contribution < -0.4 is 10.1 Å². The molecule has 0 amide bonds. The molecule has 2 aromatic rings. The summed E-state index contributed by atoms with van der Waals surface area (Å²) >= 11 is 0. The molecule has 0 bridgehead atoms. The predicted molar refractivity (Wildman–Crippen MR) is 87.4 cm³/mol. The molecule has 2 aromatic carbocycles. The molecule has 0 saturated carbocycles. The molecule has 0 atom stereocenters. The molecule has 22 heavy (non-hydrogen) atoms. The molecular formula is C18H23FN2O. The summed E-state index contributed by atoms with van der Waals surface area (Å²) in [6.07, 6.45) is 0. The van der Waals surface area contributed by atoms with E-state index in [0.29, 0.717) is 5.56 Å². The second-order valence-electron chi connectivity index (χ2n) is 5.51. The van der Waals surface area contributed by atoms with Gasteiger partial charge in [0.05, 0.1) is 0 Å². The summed E-state index contributed by atoms with van der Waals surface area (Å²) in [5.74, 6) is 0.527. The van der Waals surface area contributed by atoms with E-state index < -0.39 is 0 Å². The number of halogens is 1. The zero-order valence-electron chi connectivity index (χ0n) is 13.2. The Balaban J connectivity index is 1.85. The second kappa shape index (κ2) is 8.51. The minimum Gasteiger partial charge on any atom is -0.489 e.